The number of hydrogen-bond donors (Lipinski definition) is 2. The van der Waals surface area contributed by atoms with Crippen LogP contribution in [0.15, 0.2) is 0 Å². The Labute approximate surface area is 97.7 Å². The number of carbonyl (C=O) groups is 1. The molecule has 5 nitrogen and oxygen atoms in total. The zero-order valence-corrected chi connectivity index (χ0v) is 10.5. The summed E-state index contributed by atoms with van der Waals surface area (Å²) in [4.78, 5) is 11.5. The number of rotatable bonds is 9. The highest BCUT2D eigenvalue weighted by Crippen LogP contribution is 1.96. The Kier molecular flexibility index (Phi) is 9.18. The van der Waals surface area contributed by atoms with Crippen LogP contribution in [0.4, 0.5) is 0 Å². The van der Waals surface area contributed by atoms with Gasteiger partial charge in [0.05, 0.1) is 12.6 Å². The number of nitrogens with two attached hydrogens (primary N) is 1. The maximum Gasteiger partial charge on any atom is 0.237 e. The molecule has 0 aromatic carbocycles. The van der Waals surface area contributed by atoms with Gasteiger partial charge in [-0.05, 0) is 20.3 Å². The lowest BCUT2D eigenvalue weighted by molar-refractivity contribution is -0.141. The van der Waals surface area contributed by atoms with E-state index in [1.807, 2.05) is 20.8 Å². The molecule has 5 heteroatoms. The molecule has 16 heavy (non-hydrogen) atoms. The van der Waals surface area contributed by atoms with E-state index in [0.29, 0.717) is 26.2 Å². The third kappa shape index (κ3) is 6.76. The smallest absolute Gasteiger partial charge is 0.237 e. The van der Waals surface area contributed by atoms with E-state index < -0.39 is 6.04 Å². The molecule has 0 rings (SSSR count). The summed E-state index contributed by atoms with van der Waals surface area (Å²) in [6.07, 6.45) is 1.21. The van der Waals surface area contributed by atoms with Crippen LogP contribution in [-0.2, 0) is 14.3 Å². The van der Waals surface area contributed by atoms with Gasteiger partial charge in [-0.1, -0.05) is 13.3 Å². The minimum atomic E-state index is -0.436. The molecule has 0 aliphatic heterocycles. The van der Waals surface area contributed by atoms with Crippen LogP contribution in [0.5, 0.6) is 0 Å². The van der Waals surface area contributed by atoms with Crippen molar-refractivity contribution in [3.8, 4) is 0 Å². The minimum absolute atomic E-state index is 0.147. The summed E-state index contributed by atoms with van der Waals surface area (Å²) in [6.45, 7) is 7.23. The molecule has 0 saturated heterocycles. The molecule has 0 unspecified atom stereocenters. The molecule has 0 aromatic rings. The third-order valence-electron chi connectivity index (χ3n) is 2.08. The molecule has 0 aliphatic carbocycles. The second kappa shape index (κ2) is 9.57. The highest BCUT2D eigenvalue weighted by Gasteiger charge is 2.14. The predicted molar refractivity (Wildman–Crippen MR) is 62.9 cm³/mol. The number of hydrogen-bond acceptors (Lipinski definition) is 4. The van der Waals surface area contributed by atoms with Crippen molar-refractivity contribution in [2.45, 2.75) is 45.9 Å². The molecule has 0 radical (unpaired) electrons. The largest absolute Gasteiger partial charge is 0.351 e. The van der Waals surface area contributed by atoms with Crippen molar-refractivity contribution in [1.82, 2.24) is 5.32 Å². The second-order valence-corrected chi connectivity index (χ2v) is 3.48. The van der Waals surface area contributed by atoms with Gasteiger partial charge in [-0.2, -0.15) is 0 Å². The fraction of sp³-hybridized carbons (Fsp3) is 0.909. The second-order valence-electron chi connectivity index (χ2n) is 3.48. The number of ether oxygens (including phenoxy) is 2. The number of nitrogens with one attached hydrogen (secondary N) is 1. The molecule has 0 bridgehead atoms. The Hall–Kier alpha value is -0.650. The van der Waals surface area contributed by atoms with Crippen LogP contribution in [0.2, 0.25) is 0 Å². The van der Waals surface area contributed by atoms with E-state index in [-0.39, 0.29) is 12.2 Å². The molecule has 1 amide bonds. The highest BCUT2D eigenvalue weighted by molar-refractivity contribution is 5.81. The van der Waals surface area contributed by atoms with Gasteiger partial charge in [0.15, 0.2) is 6.29 Å². The van der Waals surface area contributed by atoms with Crippen LogP contribution in [0, 0.1) is 0 Å². The van der Waals surface area contributed by atoms with Crippen LogP contribution >= 0.6 is 0 Å². The van der Waals surface area contributed by atoms with Crippen molar-refractivity contribution in [2.24, 2.45) is 5.73 Å². The molecule has 0 aliphatic rings. The molecule has 96 valence electrons. The Bertz CT molecular complexity index is 182. The van der Waals surface area contributed by atoms with Gasteiger partial charge < -0.3 is 20.5 Å². The first kappa shape index (κ1) is 15.3. The Balaban J connectivity index is 3.85. The van der Waals surface area contributed by atoms with E-state index in [1.165, 1.54) is 0 Å². The van der Waals surface area contributed by atoms with Crippen LogP contribution in [-0.4, -0.2) is 38.0 Å². The quantitative estimate of drug-likeness (QED) is 0.572. The normalized spacial score (nSPS) is 12.8. The fourth-order valence-corrected chi connectivity index (χ4v) is 1.29. The highest BCUT2D eigenvalue weighted by atomic mass is 16.7. The lowest BCUT2D eigenvalue weighted by atomic mass is 10.2. The molecule has 1 atom stereocenters. The standard InChI is InChI=1S/C11H24N2O3/c1-4-7-9(12)11(14)13-8-10(15-5-2)16-6-3/h9-10H,4-8,12H2,1-3H3,(H,13,14)/t9-/m0/s1. The average molecular weight is 232 g/mol. The summed E-state index contributed by atoms with van der Waals surface area (Å²) in [5.41, 5.74) is 5.67. The van der Waals surface area contributed by atoms with E-state index in [4.69, 9.17) is 15.2 Å². The first-order valence-corrected chi connectivity index (χ1v) is 5.92. The van der Waals surface area contributed by atoms with Gasteiger partial charge in [0.25, 0.3) is 0 Å². The molecule has 0 saturated carbocycles. The Morgan fingerprint density at radius 3 is 2.25 bits per heavy atom. The zero-order valence-electron chi connectivity index (χ0n) is 10.5. The molecule has 0 fully saturated rings. The van der Waals surface area contributed by atoms with Gasteiger partial charge in [0.1, 0.15) is 0 Å². The zero-order chi connectivity index (χ0) is 12.4. The lowest BCUT2D eigenvalue weighted by Crippen LogP contribution is -2.44. The minimum Gasteiger partial charge on any atom is -0.351 e. The summed E-state index contributed by atoms with van der Waals surface area (Å²) >= 11 is 0. The topological polar surface area (TPSA) is 73.6 Å². The van der Waals surface area contributed by atoms with Crippen molar-refractivity contribution in [1.29, 1.82) is 0 Å². The molecule has 0 spiro atoms. The first-order chi connectivity index (χ1) is 7.65. The van der Waals surface area contributed by atoms with Gasteiger partial charge in [0, 0.05) is 13.2 Å². The molecule has 0 heterocycles. The van der Waals surface area contributed by atoms with Crippen LogP contribution in [0.1, 0.15) is 33.6 Å². The van der Waals surface area contributed by atoms with Crippen LogP contribution in [0.3, 0.4) is 0 Å². The summed E-state index contributed by atoms with van der Waals surface area (Å²) in [5, 5.41) is 2.72. The molecular weight excluding hydrogens is 208 g/mol. The molecule has 0 aromatic heterocycles. The molecular formula is C11H24N2O3. The van der Waals surface area contributed by atoms with Gasteiger partial charge >= 0.3 is 0 Å². The van der Waals surface area contributed by atoms with Gasteiger partial charge in [-0.3, -0.25) is 4.79 Å². The number of amides is 1. The summed E-state index contributed by atoms with van der Waals surface area (Å²) in [6, 6.07) is -0.436. The summed E-state index contributed by atoms with van der Waals surface area (Å²) < 4.78 is 10.6. The summed E-state index contributed by atoms with van der Waals surface area (Å²) in [7, 11) is 0. The average Bonchev–Trinajstić information content (AvgIpc) is 2.26. The van der Waals surface area contributed by atoms with Gasteiger partial charge in [-0.25, -0.2) is 0 Å². The van der Waals surface area contributed by atoms with E-state index in [2.05, 4.69) is 5.32 Å². The Morgan fingerprint density at radius 1 is 1.25 bits per heavy atom. The van der Waals surface area contributed by atoms with Crippen molar-refractivity contribution >= 4 is 5.91 Å². The van der Waals surface area contributed by atoms with Crippen molar-refractivity contribution in [3.63, 3.8) is 0 Å². The van der Waals surface area contributed by atoms with E-state index in [1.54, 1.807) is 0 Å². The van der Waals surface area contributed by atoms with Crippen molar-refractivity contribution < 1.29 is 14.3 Å². The maximum atomic E-state index is 11.5. The summed E-state index contributed by atoms with van der Waals surface area (Å²) in [5.74, 6) is -0.147. The fourth-order valence-electron chi connectivity index (χ4n) is 1.29. The van der Waals surface area contributed by atoms with E-state index >= 15 is 0 Å². The first-order valence-electron chi connectivity index (χ1n) is 5.92. The van der Waals surface area contributed by atoms with Crippen molar-refractivity contribution in [3.05, 3.63) is 0 Å². The monoisotopic (exact) mass is 232 g/mol. The van der Waals surface area contributed by atoms with Crippen LogP contribution in [0.25, 0.3) is 0 Å². The lowest BCUT2D eigenvalue weighted by Gasteiger charge is -2.18. The third-order valence-corrected chi connectivity index (χ3v) is 2.08. The van der Waals surface area contributed by atoms with E-state index in [9.17, 15) is 4.79 Å². The SMILES string of the molecule is CCC[C@H](N)C(=O)NCC(OCC)OCC. The Morgan fingerprint density at radius 2 is 1.81 bits per heavy atom. The van der Waals surface area contributed by atoms with Gasteiger partial charge in [-0.15, -0.1) is 0 Å². The van der Waals surface area contributed by atoms with E-state index in [0.717, 1.165) is 6.42 Å². The van der Waals surface area contributed by atoms with Crippen molar-refractivity contribution in [2.75, 3.05) is 19.8 Å². The maximum absolute atomic E-state index is 11.5. The van der Waals surface area contributed by atoms with Gasteiger partial charge in [0.2, 0.25) is 5.91 Å². The molecule has 3 N–H and O–H groups in total. The predicted octanol–water partition coefficient (Wildman–Crippen LogP) is 0.629. The van der Waals surface area contributed by atoms with Crippen LogP contribution < -0.4 is 11.1 Å². The number of carbonyl (C=O) groups excluding carboxylic acids is 1.